The highest BCUT2D eigenvalue weighted by molar-refractivity contribution is 7.98. The summed E-state index contributed by atoms with van der Waals surface area (Å²) in [6, 6.07) is -0.360. The number of halogens is 1. The van der Waals surface area contributed by atoms with Crippen molar-refractivity contribution in [3.63, 3.8) is 0 Å². The number of nitrogens with zero attached hydrogens (tertiary/aromatic N) is 1. The lowest BCUT2D eigenvalue weighted by Crippen LogP contribution is -2.42. The summed E-state index contributed by atoms with van der Waals surface area (Å²) in [5.41, 5.74) is 5.78. The summed E-state index contributed by atoms with van der Waals surface area (Å²) >= 11 is 1.72. The maximum atomic E-state index is 11.6. The average molecular weight is 312 g/mol. The second-order valence-electron chi connectivity index (χ2n) is 4.49. The van der Waals surface area contributed by atoms with E-state index in [2.05, 4.69) is 10.2 Å². The Bertz CT molecular complexity index is 241. The van der Waals surface area contributed by atoms with E-state index in [-0.39, 0.29) is 24.4 Å². The highest BCUT2D eigenvalue weighted by Gasteiger charge is 2.13. The molecule has 0 aromatic carbocycles. The van der Waals surface area contributed by atoms with Crippen LogP contribution in [0.15, 0.2) is 0 Å². The van der Waals surface area contributed by atoms with Gasteiger partial charge in [0, 0.05) is 19.6 Å². The largest absolute Gasteiger partial charge is 0.379 e. The molecule has 0 aromatic rings. The van der Waals surface area contributed by atoms with Crippen LogP contribution in [0.1, 0.15) is 12.8 Å². The van der Waals surface area contributed by atoms with Crippen molar-refractivity contribution in [3.8, 4) is 0 Å². The number of hydrogen-bond acceptors (Lipinski definition) is 5. The molecular weight excluding hydrogens is 286 g/mol. The number of amides is 1. The Kier molecular flexibility index (Phi) is 11.8. The fraction of sp³-hybridized carbons (Fsp3) is 0.917. The molecule has 0 saturated carbocycles. The minimum atomic E-state index is -0.360. The van der Waals surface area contributed by atoms with Gasteiger partial charge in [-0.1, -0.05) is 0 Å². The van der Waals surface area contributed by atoms with Crippen LogP contribution in [0.3, 0.4) is 0 Å². The minimum Gasteiger partial charge on any atom is -0.379 e. The fourth-order valence-corrected chi connectivity index (χ4v) is 2.34. The van der Waals surface area contributed by atoms with E-state index in [4.69, 9.17) is 10.5 Å². The van der Waals surface area contributed by atoms with Crippen LogP contribution in [0.5, 0.6) is 0 Å². The van der Waals surface area contributed by atoms with Crippen LogP contribution >= 0.6 is 24.2 Å². The van der Waals surface area contributed by atoms with E-state index >= 15 is 0 Å². The van der Waals surface area contributed by atoms with Gasteiger partial charge in [-0.2, -0.15) is 11.8 Å². The molecule has 1 fully saturated rings. The number of ether oxygens (including phenoxy) is 1. The highest BCUT2D eigenvalue weighted by atomic mass is 35.5. The number of hydrogen-bond donors (Lipinski definition) is 2. The number of carbonyl (C=O) groups excluding carboxylic acids is 1. The molecular formula is C12H26ClN3O2S. The van der Waals surface area contributed by atoms with E-state index < -0.39 is 0 Å². The summed E-state index contributed by atoms with van der Waals surface area (Å²) in [5, 5.41) is 2.90. The van der Waals surface area contributed by atoms with E-state index in [1.807, 2.05) is 6.26 Å². The second-order valence-corrected chi connectivity index (χ2v) is 5.47. The van der Waals surface area contributed by atoms with Gasteiger partial charge in [0.1, 0.15) is 0 Å². The third-order valence-electron chi connectivity index (χ3n) is 3.02. The zero-order chi connectivity index (χ0) is 13.2. The molecule has 0 bridgehead atoms. The number of carbonyl (C=O) groups is 1. The topological polar surface area (TPSA) is 67.6 Å². The van der Waals surface area contributed by atoms with Crippen LogP contribution in [-0.4, -0.2) is 68.3 Å². The maximum Gasteiger partial charge on any atom is 0.236 e. The quantitative estimate of drug-likeness (QED) is 0.632. The lowest BCUT2D eigenvalue weighted by atomic mass is 10.2. The molecule has 1 amide bonds. The Hall–Kier alpha value is -0.0100. The van der Waals surface area contributed by atoms with Gasteiger partial charge >= 0.3 is 0 Å². The first-order valence-electron chi connectivity index (χ1n) is 6.56. The Morgan fingerprint density at radius 2 is 2.16 bits per heavy atom. The van der Waals surface area contributed by atoms with Crippen molar-refractivity contribution in [2.24, 2.45) is 5.73 Å². The summed E-state index contributed by atoms with van der Waals surface area (Å²) in [7, 11) is 0. The Morgan fingerprint density at radius 3 is 2.79 bits per heavy atom. The molecule has 0 spiro atoms. The van der Waals surface area contributed by atoms with Crippen LogP contribution in [0.2, 0.25) is 0 Å². The number of rotatable bonds is 8. The highest BCUT2D eigenvalue weighted by Crippen LogP contribution is 1.99. The SMILES string of the molecule is CSCC[C@H](N)C(=O)NCCCN1CCOCC1.Cl. The number of thioether (sulfide) groups is 1. The van der Waals surface area contributed by atoms with Crippen molar-refractivity contribution in [3.05, 3.63) is 0 Å². The molecule has 1 rings (SSSR count). The summed E-state index contributed by atoms with van der Waals surface area (Å²) in [4.78, 5) is 14.0. The number of nitrogens with one attached hydrogen (secondary N) is 1. The smallest absolute Gasteiger partial charge is 0.236 e. The van der Waals surface area contributed by atoms with E-state index in [9.17, 15) is 4.79 Å². The van der Waals surface area contributed by atoms with Gasteiger partial charge in [0.05, 0.1) is 19.3 Å². The fourth-order valence-electron chi connectivity index (χ4n) is 1.85. The van der Waals surface area contributed by atoms with Crippen LogP contribution in [-0.2, 0) is 9.53 Å². The molecule has 1 aliphatic heterocycles. The molecule has 114 valence electrons. The summed E-state index contributed by atoms with van der Waals surface area (Å²) in [6.07, 6.45) is 3.74. The van der Waals surface area contributed by atoms with E-state index in [1.165, 1.54) is 0 Å². The zero-order valence-electron chi connectivity index (χ0n) is 11.6. The monoisotopic (exact) mass is 311 g/mol. The van der Waals surface area contributed by atoms with Gasteiger partial charge in [-0.05, 0) is 31.4 Å². The van der Waals surface area contributed by atoms with Gasteiger partial charge in [0.25, 0.3) is 0 Å². The van der Waals surface area contributed by atoms with Crippen molar-refractivity contribution in [2.75, 3.05) is 51.4 Å². The molecule has 1 heterocycles. The van der Waals surface area contributed by atoms with Gasteiger partial charge in [-0.15, -0.1) is 12.4 Å². The molecule has 0 aromatic heterocycles. The third kappa shape index (κ3) is 8.70. The Morgan fingerprint density at radius 1 is 1.47 bits per heavy atom. The third-order valence-corrected chi connectivity index (χ3v) is 3.67. The van der Waals surface area contributed by atoms with Crippen molar-refractivity contribution < 1.29 is 9.53 Å². The summed E-state index contributed by atoms with van der Waals surface area (Å²) in [5.74, 6) is 0.911. The molecule has 1 atom stereocenters. The average Bonchev–Trinajstić information content (AvgIpc) is 2.41. The molecule has 3 N–H and O–H groups in total. The van der Waals surface area contributed by atoms with Crippen molar-refractivity contribution in [1.82, 2.24) is 10.2 Å². The van der Waals surface area contributed by atoms with Crippen LogP contribution in [0.4, 0.5) is 0 Å². The van der Waals surface area contributed by atoms with Crippen LogP contribution in [0, 0.1) is 0 Å². The van der Waals surface area contributed by atoms with E-state index in [0.29, 0.717) is 6.54 Å². The minimum absolute atomic E-state index is 0. The van der Waals surface area contributed by atoms with Gasteiger partial charge in [0.15, 0.2) is 0 Å². The van der Waals surface area contributed by atoms with Crippen molar-refractivity contribution in [2.45, 2.75) is 18.9 Å². The normalized spacial score (nSPS) is 17.6. The first-order valence-corrected chi connectivity index (χ1v) is 7.95. The van der Waals surface area contributed by atoms with Crippen LogP contribution in [0.25, 0.3) is 0 Å². The molecule has 19 heavy (non-hydrogen) atoms. The van der Waals surface area contributed by atoms with Crippen LogP contribution < -0.4 is 11.1 Å². The molecule has 1 aliphatic rings. The summed E-state index contributed by atoms with van der Waals surface area (Å²) in [6.45, 7) is 5.38. The van der Waals surface area contributed by atoms with Gasteiger partial charge < -0.3 is 15.8 Å². The standard InChI is InChI=1S/C12H25N3O2S.ClH/c1-18-10-3-11(13)12(16)14-4-2-5-15-6-8-17-9-7-15;/h11H,2-10,13H2,1H3,(H,14,16);1H/t11-;/m0./s1. The first-order chi connectivity index (χ1) is 8.74. The first kappa shape index (κ1) is 19.0. The van der Waals surface area contributed by atoms with E-state index in [1.54, 1.807) is 11.8 Å². The predicted octanol–water partition coefficient (Wildman–Crippen LogP) is 0.327. The maximum absolute atomic E-state index is 11.6. The van der Waals surface area contributed by atoms with Gasteiger partial charge in [-0.25, -0.2) is 0 Å². The molecule has 1 saturated heterocycles. The Labute approximate surface area is 126 Å². The number of nitrogens with two attached hydrogens (primary N) is 1. The lowest BCUT2D eigenvalue weighted by molar-refractivity contribution is -0.122. The van der Waals surface area contributed by atoms with Gasteiger partial charge in [-0.3, -0.25) is 9.69 Å². The second kappa shape index (κ2) is 11.8. The van der Waals surface area contributed by atoms with Gasteiger partial charge in [0.2, 0.25) is 5.91 Å². The zero-order valence-corrected chi connectivity index (χ0v) is 13.2. The predicted molar refractivity (Wildman–Crippen MR) is 83.1 cm³/mol. The van der Waals surface area contributed by atoms with Crippen molar-refractivity contribution >= 4 is 30.1 Å². The Balaban J connectivity index is 0.00000324. The summed E-state index contributed by atoms with van der Waals surface area (Å²) < 4.78 is 5.28. The van der Waals surface area contributed by atoms with Crippen molar-refractivity contribution in [1.29, 1.82) is 0 Å². The number of morpholine rings is 1. The molecule has 0 unspecified atom stereocenters. The lowest BCUT2D eigenvalue weighted by Gasteiger charge is -2.26. The molecule has 0 radical (unpaired) electrons. The molecule has 5 nitrogen and oxygen atoms in total. The molecule has 0 aliphatic carbocycles. The molecule has 7 heteroatoms. The van der Waals surface area contributed by atoms with E-state index in [0.717, 1.165) is 51.4 Å².